The van der Waals surface area contributed by atoms with Gasteiger partial charge in [0.25, 0.3) is 0 Å². The first-order chi connectivity index (χ1) is 16.1. The zero-order valence-corrected chi connectivity index (χ0v) is 19.2. The maximum Gasteiger partial charge on any atom is 0.315 e. The van der Waals surface area contributed by atoms with Gasteiger partial charge in [0.1, 0.15) is 12.0 Å². The standard InChI is InChI=1S/C29H31NO3/c1-19-26(29(32)33-23-15-9-4-10-16-23)27(21-13-7-3-8-14-21)28-24(30-19)17-22(18-25(28)31)20-11-5-2-6-12-20/h2-3,5-8,11-14,22-23,26-27H,4,9-10,15-18H2,1H3. The lowest BCUT2D eigenvalue weighted by atomic mass is 9.69. The van der Waals surface area contributed by atoms with Crippen LogP contribution >= 0.6 is 0 Å². The molecule has 1 heterocycles. The molecule has 0 N–H and O–H groups in total. The number of carbonyl (C=O) groups excluding carboxylic acids is 2. The second kappa shape index (κ2) is 9.46. The van der Waals surface area contributed by atoms with Crippen molar-refractivity contribution in [3.63, 3.8) is 0 Å². The Morgan fingerprint density at radius 2 is 1.52 bits per heavy atom. The van der Waals surface area contributed by atoms with E-state index in [2.05, 4.69) is 12.1 Å². The number of esters is 1. The van der Waals surface area contributed by atoms with Gasteiger partial charge in [0.15, 0.2) is 5.78 Å². The molecule has 2 aromatic carbocycles. The lowest BCUT2D eigenvalue weighted by molar-refractivity contribution is -0.153. The van der Waals surface area contributed by atoms with Crippen LogP contribution < -0.4 is 0 Å². The summed E-state index contributed by atoms with van der Waals surface area (Å²) in [5, 5.41) is 0. The van der Waals surface area contributed by atoms with Crippen molar-refractivity contribution < 1.29 is 14.3 Å². The number of hydrogen-bond acceptors (Lipinski definition) is 4. The first-order valence-corrected chi connectivity index (χ1v) is 12.2. The van der Waals surface area contributed by atoms with Crippen molar-refractivity contribution >= 4 is 17.5 Å². The largest absolute Gasteiger partial charge is 0.462 e. The molecule has 3 atom stereocenters. The summed E-state index contributed by atoms with van der Waals surface area (Å²) < 4.78 is 6.00. The minimum atomic E-state index is -0.551. The maximum absolute atomic E-state index is 13.6. The van der Waals surface area contributed by atoms with Gasteiger partial charge in [-0.05, 0) is 56.1 Å². The molecular formula is C29H31NO3. The molecule has 33 heavy (non-hydrogen) atoms. The van der Waals surface area contributed by atoms with Gasteiger partial charge in [0, 0.05) is 29.3 Å². The van der Waals surface area contributed by atoms with Gasteiger partial charge in [-0.1, -0.05) is 67.1 Å². The predicted octanol–water partition coefficient (Wildman–Crippen LogP) is 6.14. The minimum absolute atomic E-state index is 0.0182. The third kappa shape index (κ3) is 4.44. The van der Waals surface area contributed by atoms with E-state index in [-0.39, 0.29) is 29.7 Å². The highest BCUT2D eigenvalue weighted by molar-refractivity contribution is 6.09. The molecule has 0 saturated heterocycles. The van der Waals surface area contributed by atoms with Crippen LogP contribution in [0.3, 0.4) is 0 Å². The van der Waals surface area contributed by atoms with Crippen LogP contribution in [-0.4, -0.2) is 23.6 Å². The quantitative estimate of drug-likeness (QED) is 0.536. The van der Waals surface area contributed by atoms with Crippen molar-refractivity contribution in [1.82, 2.24) is 0 Å². The van der Waals surface area contributed by atoms with Gasteiger partial charge in [0.2, 0.25) is 0 Å². The molecule has 2 aromatic rings. The number of nitrogens with zero attached hydrogens (tertiary/aromatic N) is 1. The average molecular weight is 442 g/mol. The van der Waals surface area contributed by atoms with Crippen LogP contribution in [0.4, 0.5) is 0 Å². The number of Topliss-reactive ketones (excluding diaryl/α,β-unsaturated/α-hetero) is 1. The fourth-order valence-electron chi connectivity index (χ4n) is 5.77. The predicted molar refractivity (Wildman–Crippen MR) is 129 cm³/mol. The van der Waals surface area contributed by atoms with Crippen molar-refractivity contribution in [2.45, 2.75) is 69.8 Å². The number of ether oxygens (including phenoxy) is 1. The van der Waals surface area contributed by atoms with E-state index in [1.165, 1.54) is 12.0 Å². The summed E-state index contributed by atoms with van der Waals surface area (Å²) in [4.78, 5) is 31.9. The second-order valence-electron chi connectivity index (χ2n) is 9.62. The Labute approximate surface area is 195 Å². The second-order valence-corrected chi connectivity index (χ2v) is 9.62. The Balaban J connectivity index is 1.51. The average Bonchev–Trinajstić information content (AvgIpc) is 2.84. The van der Waals surface area contributed by atoms with Crippen molar-refractivity contribution in [3.05, 3.63) is 83.1 Å². The molecule has 3 aliphatic rings. The van der Waals surface area contributed by atoms with Crippen molar-refractivity contribution in [1.29, 1.82) is 0 Å². The van der Waals surface area contributed by atoms with Crippen LogP contribution in [-0.2, 0) is 14.3 Å². The zero-order valence-electron chi connectivity index (χ0n) is 19.2. The number of hydrogen-bond donors (Lipinski definition) is 0. The molecule has 1 saturated carbocycles. The smallest absolute Gasteiger partial charge is 0.315 e. The molecule has 4 heteroatoms. The van der Waals surface area contributed by atoms with Gasteiger partial charge in [-0.15, -0.1) is 0 Å². The maximum atomic E-state index is 13.6. The Morgan fingerprint density at radius 3 is 2.18 bits per heavy atom. The molecule has 4 nitrogen and oxygen atoms in total. The highest BCUT2D eigenvalue weighted by Gasteiger charge is 2.45. The van der Waals surface area contributed by atoms with E-state index < -0.39 is 5.92 Å². The van der Waals surface area contributed by atoms with Gasteiger partial charge >= 0.3 is 5.97 Å². The molecule has 0 amide bonds. The number of ketones is 1. The summed E-state index contributed by atoms with van der Waals surface area (Å²) in [6.07, 6.45) is 6.42. The van der Waals surface area contributed by atoms with E-state index in [4.69, 9.17) is 9.73 Å². The summed E-state index contributed by atoms with van der Waals surface area (Å²) in [5.74, 6) is -0.896. The van der Waals surface area contributed by atoms with Gasteiger partial charge in [-0.3, -0.25) is 14.6 Å². The Bertz CT molecular complexity index is 1080. The van der Waals surface area contributed by atoms with Crippen LogP contribution in [0.15, 0.2) is 76.9 Å². The molecule has 2 aliphatic carbocycles. The minimum Gasteiger partial charge on any atom is -0.462 e. The van der Waals surface area contributed by atoms with Crippen molar-refractivity contribution in [2.24, 2.45) is 10.9 Å². The molecule has 5 rings (SSSR count). The van der Waals surface area contributed by atoms with Crippen LogP contribution in [0, 0.1) is 5.92 Å². The van der Waals surface area contributed by atoms with Crippen molar-refractivity contribution in [2.75, 3.05) is 0 Å². The fraction of sp³-hybridized carbons (Fsp3) is 0.414. The summed E-state index contributed by atoms with van der Waals surface area (Å²) >= 11 is 0. The molecule has 0 spiro atoms. The molecule has 3 unspecified atom stereocenters. The molecule has 0 bridgehead atoms. The summed E-state index contributed by atoms with van der Waals surface area (Å²) in [7, 11) is 0. The lowest BCUT2D eigenvalue weighted by Gasteiger charge is -2.37. The van der Waals surface area contributed by atoms with Gasteiger partial charge < -0.3 is 4.74 Å². The van der Waals surface area contributed by atoms with Crippen LogP contribution in [0.2, 0.25) is 0 Å². The third-order valence-electron chi connectivity index (χ3n) is 7.41. The summed E-state index contributed by atoms with van der Waals surface area (Å²) in [6, 6.07) is 20.1. The fourth-order valence-corrected chi connectivity index (χ4v) is 5.77. The van der Waals surface area contributed by atoms with E-state index in [0.29, 0.717) is 12.0 Å². The van der Waals surface area contributed by atoms with E-state index in [0.717, 1.165) is 49.1 Å². The summed E-state index contributed by atoms with van der Waals surface area (Å²) in [6.45, 7) is 1.92. The molecule has 170 valence electrons. The van der Waals surface area contributed by atoms with E-state index >= 15 is 0 Å². The highest BCUT2D eigenvalue weighted by atomic mass is 16.5. The molecule has 1 aliphatic heterocycles. The first-order valence-electron chi connectivity index (χ1n) is 12.2. The number of aliphatic imine (C=N–C) groups is 1. The monoisotopic (exact) mass is 441 g/mol. The zero-order chi connectivity index (χ0) is 22.8. The summed E-state index contributed by atoms with van der Waals surface area (Å²) in [5.41, 5.74) is 4.46. The Kier molecular flexibility index (Phi) is 6.26. The van der Waals surface area contributed by atoms with Crippen molar-refractivity contribution in [3.8, 4) is 0 Å². The van der Waals surface area contributed by atoms with E-state index in [9.17, 15) is 9.59 Å². The highest BCUT2D eigenvalue weighted by Crippen LogP contribution is 2.47. The Hall–Kier alpha value is -3.01. The number of benzene rings is 2. The normalized spacial score (nSPS) is 25.9. The SMILES string of the molecule is CC1=NC2=C(C(=O)CC(c3ccccc3)C2)C(c2ccccc2)C1C(=O)OC1CCCCC1. The topological polar surface area (TPSA) is 55.7 Å². The first kappa shape index (κ1) is 21.8. The molecule has 0 radical (unpaired) electrons. The number of allylic oxidation sites excluding steroid dienone is 2. The van der Waals surface area contributed by atoms with Gasteiger partial charge in [-0.2, -0.15) is 0 Å². The molecule has 0 aromatic heterocycles. The van der Waals surface area contributed by atoms with E-state index in [1.54, 1.807) is 0 Å². The Morgan fingerprint density at radius 1 is 0.879 bits per heavy atom. The molecular weight excluding hydrogens is 410 g/mol. The van der Waals surface area contributed by atoms with Gasteiger partial charge in [0.05, 0.1) is 0 Å². The van der Waals surface area contributed by atoms with Gasteiger partial charge in [-0.25, -0.2) is 0 Å². The molecule has 1 fully saturated rings. The lowest BCUT2D eigenvalue weighted by Crippen LogP contribution is -2.39. The number of rotatable bonds is 4. The van der Waals surface area contributed by atoms with E-state index in [1.807, 2.05) is 55.5 Å². The van der Waals surface area contributed by atoms with Crippen LogP contribution in [0.25, 0.3) is 0 Å². The van der Waals surface area contributed by atoms with Crippen LogP contribution in [0.5, 0.6) is 0 Å². The third-order valence-corrected chi connectivity index (χ3v) is 7.41. The number of carbonyl (C=O) groups is 2. The van der Waals surface area contributed by atoms with Crippen LogP contribution in [0.1, 0.15) is 74.8 Å².